The average Bonchev–Trinajstić information content (AvgIpc) is 2.91. The van der Waals surface area contributed by atoms with Gasteiger partial charge in [0.25, 0.3) is 5.56 Å². The van der Waals surface area contributed by atoms with Gasteiger partial charge in [0.2, 0.25) is 5.91 Å². The molecule has 0 fully saturated rings. The van der Waals surface area contributed by atoms with E-state index >= 15 is 0 Å². The second-order valence-corrected chi connectivity index (χ2v) is 6.15. The summed E-state index contributed by atoms with van der Waals surface area (Å²) in [5.74, 6) is 0.119. The molecule has 112 valence electrons. The fourth-order valence-electron chi connectivity index (χ4n) is 2.31. The maximum atomic E-state index is 12.1. The summed E-state index contributed by atoms with van der Waals surface area (Å²) >= 11 is 1.54. The highest BCUT2D eigenvalue weighted by Gasteiger charge is 2.09. The number of nitrogens with zero attached hydrogens (tertiary/aromatic N) is 1. The molecule has 0 unspecified atom stereocenters. The van der Waals surface area contributed by atoms with Crippen LogP contribution in [0.4, 0.5) is 0 Å². The van der Waals surface area contributed by atoms with Crippen molar-refractivity contribution >= 4 is 27.5 Å². The van der Waals surface area contributed by atoms with E-state index in [1.165, 1.54) is 11.3 Å². The van der Waals surface area contributed by atoms with Crippen LogP contribution in [0.1, 0.15) is 33.5 Å². The number of nitrogens with one attached hydrogen (secondary N) is 1. The number of primary amides is 1. The number of thiophene rings is 1. The lowest BCUT2D eigenvalue weighted by Crippen LogP contribution is -2.12. The zero-order valence-electron chi connectivity index (χ0n) is 12.1. The van der Waals surface area contributed by atoms with Crippen LogP contribution in [0, 0.1) is 0 Å². The Hall–Kier alpha value is -2.47. The molecule has 22 heavy (non-hydrogen) atoms. The van der Waals surface area contributed by atoms with E-state index in [9.17, 15) is 9.59 Å². The number of nitrogens with two attached hydrogens (primary N) is 1. The fraction of sp³-hybridized carbons (Fsp3) is 0.188. The van der Waals surface area contributed by atoms with Gasteiger partial charge in [-0.05, 0) is 30.2 Å². The van der Waals surface area contributed by atoms with Crippen molar-refractivity contribution in [3.8, 4) is 0 Å². The van der Waals surface area contributed by atoms with Crippen LogP contribution < -0.4 is 11.3 Å². The monoisotopic (exact) mass is 313 g/mol. The van der Waals surface area contributed by atoms with Gasteiger partial charge in [-0.15, -0.1) is 11.3 Å². The second-order valence-electron chi connectivity index (χ2n) is 5.04. The van der Waals surface area contributed by atoms with Crippen molar-refractivity contribution in [3.63, 3.8) is 0 Å². The molecule has 1 amide bonds. The first-order valence-corrected chi connectivity index (χ1v) is 7.79. The van der Waals surface area contributed by atoms with Gasteiger partial charge < -0.3 is 10.7 Å². The Bertz CT molecular complexity index is 911. The fourth-order valence-corrected chi connectivity index (χ4v) is 3.30. The Labute approximate surface area is 130 Å². The highest BCUT2D eigenvalue weighted by Crippen LogP contribution is 2.21. The minimum Gasteiger partial charge on any atom is -0.366 e. The van der Waals surface area contributed by atoms with Gasteiger partial charge in [0, 0.05) is 16.9 Å². The Morgan fingerprint density at radius 3 is 2.91 bits per heavy atom. The van der Waals surface area contributed by atoms with Crippen LogP contribution in [-0.2, 0) is 12.8 Å². The largest absolute Gasteiger partial charge is 0.366 e. The molecule has 0 bridgehead atoms. The number of hydrogen-bond acceptors (Lipinski definition) is 4. The van der Waals surface area contributed by atoms with Crippen molar-refractivity contribution in [2.75, 3.05) is 0 Å². The van der Waals surface area contributed by atoms with Crippen molar-refractivity contribution in [2.24, 2.45) is 5.73 Å². The van der Waals surface area contributed by atoms with Crippen LogP contribution in [0.25, 0.3) is 10.2 Å². The number of hydrogen-bond donors (Lipinski definition) is 2. The van der Waals surface area contributed by atoms with E-state index < -0.39 is 5.91 Å². The molecule has 1 aromatic carbocycles. The summed E-state index contributed by atoms with van der Waals surface area (Å²) < 4.78 is 0. The lowest BCUT2D eigenvalue weighted by molar-refractivity contribution is 0.1000. The van der Waals surface area contributed by atoms with E-state index in [1.807, 2.05) is 12.1 Å². The third-order valence-electron chi connectivity index (χ3n) is 3.43. The lowest BCUT2D eigenvalue weighted by Gasteiger charge is -2.03. The molecule has 2 heterocycles. The summed E-state index contributed by atoms with van der Waals surface area (Å²) in [7, 11) is 0. The number of aromatic nitrogens is 2. The predicted octanol–water partition coefficient (Wildman–Crippen LogP) is 2.24. The van der Waals surface area contributed by atoms with Crippen molar-refractivity contribution in [1.29, 1.82) is 0 Å². The number of amides is 1. The van der Waals surface area contributed by atoms with E-state index in [2.05, 4.69) is 16.9 Å². The zero-order chi connectivity index (χ0) is 15.7. The van der Waals surface area contributed by atoms with Crippen LogP contribution in [0.3, 0.4) is 0 Å². The lowest BCUT2D eigenvalue weighted by atomic mass is 10.1. The van der Waals surface area contributed by atoms with Crippen molar-refractivity contribution in [3.05, 3.63) is 62.5 Å². The van der Waals surface area contributed by atoms with Gasteiger partial charge in [0.1, 0.15) is 10.7 Å². The summed E-state index contributed by atoms with van der Waals surface area (Å²) in [6, 6.07) is 8.93. The third kappa shape index (κ3) is 2.78. The van der Waals surface area contributed by atoms with Crippen molar-refractivity contribution in [1.82, 2.24) is 9.97 Å². The minimum absolute atomic E-state index is 0.123. The molecule has 5 nitrogen and oxygen atoms in total. The third-order valence-corrected chi connectivity index (χ3v) is 4.61. The molecule has 0 radical (unpaired) electrons. The Morgan fingerprint density at radius 1 is 1.36 bits per heavy atom. The molecular formula is C16H15N3O2S. The molecule has 3 aromatic rings. The Morgan fingerprint density at radius 2 is 2.18 bits per heavy atom. The molecule has 3 N–H and O–H groups in total. The topological polar surface area (TPSA) is 88.8 Å². The molecule has 0 atom stereocenters. The quantitative estimate of drug-likeness (QED) is 0.774. The number of fused-ring (bicyclic) bond motifs is 1. The van der Waals surface area contributed by atoms with E-state index in [1.54, 1.807) is 18.2 Å². The van der Waals surface area contributed by atoms with E-state index in [-0.39, 0.29) is 5.56 Å². The van der Waals surface area contributed by atoms with Gasteiger partial charge >= 0.3 is 0 Å². The highest BCUT2D eigenvalue weighted by molar-refractivity contribution is 7.18. The molecule has 0 spiro atoms. The van der Waals surface area contributed by atoms with Crippen LogP contribution in [0.5, 0.6) is 0 Å². The molecular weight excluding hydrogens is 298 g/mol. The number of carbonyl (C=O) groups is 1. The first-order valence-electron chi connectivity index (χ1n) is 6.97. The Kier molecular flexibility index (Phi) is 3.77. The van der Waals surface area contributed by atoms with Gasteiger partial charge in [-0.1, -0.05) is 19.1 Å². The van der Waals surface area contributed by atoms with Gasteiger partial charge in [-0.2, -0.15) is 0 Å². The number of benzene rings is 1. The zero-order valence-corrected chi connectivity index (χ0v) is 12.9. The second kappa shape index (κ2) is 5.73. The first-order chi connectivity index (χ1) is 10.6. The summed E-state index contributed by atoms with van der Waals surface area (Å²) in [5.41, 5.74) is 6.49. The molecule has 0 saturated carbocycles. The molecule has 2 aromatic heterocycles. The first kappa shape index (κ1) is 14.5. The standard InChI is InChI=1S/C16H15N3O2S/c1-2-11-8-12-15(21)18-13(19-16(12)22-11)7-9-4-3-5-10(6-9)14(17)20/h3-6,8H,2,7H2,1H3,(H2,17,20)(H,18,19,21). The molecule has 0 aliphatic carbocycles. The number of carbonyl (C=O) groups excluding carboxylic acids is 1. The van der Waals surface area contributed by atoms with Gasteiger partial charge in [0.15, 0.2) is 0 Å². The number of aryl methyl sites for hydroxylation is 1. The van der Waals surface area contributed by atoms with Crippen LogP contribution in [0.2, 0.25) is 0 Å². The summed E-state index contributed by atoms with van der Waals surface area (Å²) in [5, 5.41) is 0.636. The number of rotatable bonds is 4. The van der Waals surface area contributed by atoms with Crippen LogP contribution in [0.15, 0.2) is 35.1 Å². The molecule has 3 rings (SSSR count). The average molecular weight is 313 g/mol. The minimum atomic E-state index is -0.468. The van der Waals surface area contributed by atoms with E-state index in [0.29, 0.717) is 23.2 Å². The maximum Gasteiger partial charge on any atom is 0.259 e. The highest BCUT2D eigenvalue weighted by atomic mass is 32.1. The smallest absolute Gasteiger partial charge is 0.259 e. The van der Waals surface area contributed by atoms with Crippen molar-refractivity contribution < 1.29 is 4.79 Å². The maximum absolute atomic E-state index is 12.1. The van der Waals surface area contributed by atoms with Crippen molar-refractivity contribution in [2.45, 2.75) is 19.8 Å². The Balaban J connectivity index is 1.98. The molecule has 0 saturated heterocycles. The van der Waals surface area contributed by atoms with E-state index in [0.717, 1.165) is 21.7 Å². The normalized spacial score (nSPS) is 11.0. The SMILES string of the molecule is CCc1cc2c(=O)[nH]c(Cc3cccc(C(N)=O)c3)nc2s1. The molecule has 0 aliphatic rings. The number of H-pyrrole nitrogens is 1. The van der Waals surface area contributed by atoms with Gasteiger partial charge in [0.05, 0.1) is 5.39 Å². The number of aromatic amines is 1. The van der Waals surface area contributed by atoms with Gasteiger partial charge in [-0.3, -0.25) is 9.59 Å². The molecule has 6 heteroatoms. The summed E-state index contributed by atoms with van der Waals surface area (Å²) in [6.07, 6.45) is 1.34. The summed E-state index contributed by atoms with van der Waals surface area (Å²) in [6.45, 7) is 2.05. The van der Waals surface area contributed by atoms with Gasteiger partial charge in [-0.25, -0.2) is 4.98 Å². The summed E-state index contributed by atoms with van der Waals surface area (Å²) in [4.78, 5) is 32.6. The van der Waals surface area contributed by atoms with Crippen LogP contribution >= 0.6 is 11.3 Å². The van der Waals surface area contributed by atoms with E-state index in [4.69, 9.17) is 5.73 Å². The van der Waals surface area contributed by atoms with Crippen LogP contribution in [-0.4, -0.2) is 15.9 Å². The predicted molar refractivity (Wildman–Crippen MR) is 87.4 cm³/mol. The molecule has 0 aliphatic heterocycles.